The lowest BCUT2D eigenvalue weighted by Gasteiger charge is -2.34. The summed E-state index contributed by atoms with van der Waals surface area (Å²) >= 11 is 0. The van der Waals surface area contributed by atoms with Gasteiger partial charge in [-0.05, 0) is 27.4 Å². The van der Waals surface area contributed by atoms with Crippen LogP contribution in [0, 0.1) is 0 Å². The highest BCUT2D eigenvalue weighted by atomic mass is 16.1. The van der Waals surface area contributed by atoms with Gasteiger partial charge < -0.3 is 4.90 Å². The third-order valence-corrected chi connectivity index (χ3v) is 3.26. The van der Waals surface area contributed by atoms with Crippen molar-refractivity contribution in [3.05, 3.63) is 5.82 Å². The fraction of sp³-hybridized carbons (Fsp3) is 0.727. The molecule has 17 heavy (non-hydrogen) atoms. The lowest BCUT2D eigenvalue weighted by molar-refractivity contribution is -0.114. The molecule has 1 aliphatic heterocycles. The highest BCUT2D eigenvalue weighted by Crippen LogP contribution is 2.26. The van der Waals surface area contributed by atoms with E-state index in [0.717, 1.165) is 18.7 Å². The average Bonchev–Trinajstić information content (AvgIpc) is 2.60. The number of hydrogen-bond acceptors (Lipinski definition) is 4. The topological polar surface area (TPSA) is 63.1 Å². The molecule has 1 aliphatic rings. The normalized spacial score (nSPS) is 23.6. The summed E-state index contributed by atoms with van der Waals surface area (Å²) < 4.78 is 1.93. The predicted molar refractivity (Wildman–Crippen MR) is 64.8 cm³/mol. The van der Waals surface area contributed by atoms with E-state index in [1.165, 1.54) is 6.92 Å². The Morgan fingerprint density at radius 1 is 1.53 bits per heavy atom. The Morgan fingerprint density at radius 3 is 2.82 bits per heavy atom. The zero-order chi connectivity index (χ0) is 12.6. The molecule has 94 valence electrons. The largest absolute Gasteiger partial charge is 0.304 e. The van der Waals surface area contributed by atoms with Gasteiger partial charge in [-0.1, -0.05) is 0 Å². The monoisotopic (exact) mass is 237 g/mol. The van der Waals surface area contributed by atoms with Crippen LogP contribution in [0.3, 0.4) is 0 Å². The molecule has 0 saturated heterocycles. The summed E-state index contributed by atoms with van der Waals surface area (Å²) in [6.45, 7) is 3.60. The molecule has 6 heteroatoms. The van der Waals surface area contributed by atoms with Crippen LogP contribution in [0.1, 0.15) is 32.1 Å². The molecule has 6 nitrogen and oxygen atoms in total. The number of rotatable bonds is 2. The molecule has 2 heterocycles. The summed E-state index contributed by atoms with van der Waals surface area (Å²) in [5.41, 5.74) is 0. The molecule has 0 radical (unpaired) electrons. The zero-order valence-corrected chi connectivity index (χ0v) is 10.8. The molecule has 0 spiro atoms. The lowest BCUT2D eigenvalue weighted by atomic mass is 9.99. The van der Waals surface area contributed by atoms with Crippen molar-refractivity contribution in [1.29, 1.82) is 0 Å². The summed E-state index contributed by atoms with van der Waals surface area (Å²) in [4.78, 5) is 17.5. The Balaban J connectivity index is 2.24. The average molecular weight is 237 g/mol. The third-order valence-electron chi connectivity index (χ3n) is 3.26. The standard InChI is InChI=1S/C11H19N5O/c1-7-9(15(3)4)5-6-10-13-11(12-8(2)17)14-16(7)10/h7,9H,5-6H2,1-4H3,(H,12,14,17). The van der Waals surface area contributed by atoms with Gasteiger partial charge in [-0.3, -0.25) is 10.1 Å². The van der Waals surface area contributed by atoms with Gasteiger partial charge in [-0.15, -0.1) is 5.10 Å². The van der Waals surface area contributed by atoms with Crippen LogP contribution in [0.2, 0.25) is 0 Å². The van der Waals surface area contributed by atoms with Crippen molar-refractivity contribution in [2.24, 2.45) is 0 Å². The summed E-state index contributed by atoms with van der Waals surface area (Å²) in [6.07, 6.45) is 1.98. The second-order valence-corrected chi connectivity index (χ2v) is 4.79. The fourth-order valence-electron chi connectivity index (χ4n) is 2.43. The van der Waals surface area contributed by atoms with Crippen molar-refractivity contribution in [3.63, 3.8) is 0 Å². The minimum Gasteiger partial charge on any atom is -0.304 e. The molecule has 0 aliphatic carbocycles. The first-order valence-electron chi connectivity index (χ1n) is 5.88. The van der Waals surface area contributed by atoms with Crippen LogP contribution in [0.4, 0.5) is 5.95 Å². The second-order valence-electron chi connectivity index (χ2n) is 4.79. The molecule has 1 amide bonds. The Morgan fingerprint density at radius 2 is 2.24 bits per heavy atom. The Hall–Kier alpha value is -1.43. The molecule has 2 atom stereocenters. The maximum Gasteiger partial charge on any atom is 0.248 e. The number of hydrogen-bond donors (Lipinski definition) is 1. The van der Waals surface area contributed by atoms with E-state index in [0.29, 0.717) is 12.0 Å². The van der Waals surface area contributed by atoms with Crippen molar-refractivity contribution >= 4 is 11.9 Å². The molecular weight excluding hydrogens is 218 g/mol. The number of likely N-dealkylation sites (N-methyl/N-ethyl adjacent to an activating group) is 1. The molecule has 2 unspecified atom stereocenters. The molecule has 1 aromatic rings. The number of anilines is 1. The first kappa shape index (κ1) is 12.0. The highest BCUT2D eigenvalue weighted by Gasteiger charge is 2.29. The molecule has 0 bridgehead atoms. The lowest BCUT2D eigenvalue weighted by Crippen LogP contribution is -2.40. The maximum atomic E-state index is 11.0. The summed E-state index contributed by atoms with van der Waals surface area (Å²) in [5, 5.41) is 6.98. The van der Waals surface area contributed by atoms with E-state index < -0.39 is 0 Å². The number of amides is 1. The number of nitrogens with one attached hydrogen (secondary N) is 1. The number of carbonyl (C=O) groups is 1. The van der Waals surface area contributed by atoms with E-state index in [1.54, 1.807) is 0 Å². The van der Waals surface area contributed by atoms with Crippen LogP contribution < -0.4 is 5.32 Å². The number of aryl methyl sites for hydroxylation is 1. The minimum atomic E-state index is -0.134. The highest BCUT2D eigenvalue weighted by molar-refractivity contribution is 5.86. The van der Waals surface area contributed by atoms with E-state index >= 15 is 0 Å². The number of nitrogens with zero attached hydrogens (tertiary/aromatic N) is 4. The van der Waals surface area contributed by atoms with Crippen molar-refractivity contribution in [2.45, 2.75) is 38.8 Å². The summed E-state index contributed by atoms with van der Waals surface area (Å²) in [6, 6.07) is 0.748. The Labute approximate surface area is 101 Å². The first-order chi connectivity index (χ1) is 7.99. The van der Waals surface area contributed by atoms with Gasteiger partial charge in [0, 0.05) is 19.4 Å². The van der Waals surface area contributed by atoms with E-state index in [-0.39, 0.29) is 11.9 Å². The number of aromatic nitrogens is 3. The van der Waals surface area contributed by atoms with Crippen molar-refractivity contribution < 1.29 is 4.79 Å². The van der Waals surface area contributed by atoms with Gasteiger partial charge in [0.2, 0.25) is 11.9 Å². The molecule has 1 N–H and O–H groups in total. The van der Waals surface area contributed by atoms with Gasteiger partial charge in [0.15, 0.2) is 0 Å². The minimum absolute atomic E-state index is 0.134. The Kier molecular flexibility index (Phi) is 3.15. The SMILES string of the molecule is CC(=O)Nc1nc2n(n1)C(C)C(N(C)C)CC2. The summed E-state index contributed by atoms with van der Waals surface area (Å²) in [5.74, 6) is 1.24. The second kappa shape index (κ2) is 4.44. The van der Waals surface area contributed by atoms with Crippen molar-refractivity contribution in [3.8, 4) is 0 Å². The molecule has 0 aromatic carbocycles. The van der Waals surface area contributed by atoms with Gasteiger partial charge in [0.05, 0.1) is 6.04 Å². The van der Waals surface area contributed by atoms with Crippen LogP contribution in [-0.4, -0.2) is 45.7 Å². The van der Waals surface area contributed by atoms with Gasteiger partial charge in [-0.25, -0.2) is 4.68 Å². The molecule has 2 rings (SSSR count). The van der Waals surface area contributed by atoms with E-state index in [1.807, 2.05) is 4.68 Å². The Bertz CT molecular complexity index is 425. The van der Waals surface area contributed by atoms with Crippen LogP contribution in [0.25, 0.3) is 0 Å². The van der Waals surface area contributed by atoms with Gasteiger partial charge in [-0.2, -0.15) is 4.98 Å². The van der Waals surface area contributed by atoms with Crippen molar-refractivity contribution in [1.82, 2.24) is 19.7 Å². The van der Waals surface area contributed by atoms with Crippen molar-refractivity contribution in [2.75, 3.05) is 19.4 Å². The maximum absolute atomic E-state index is 11.0. The van der Waals surface area contributed by atoms with E-state index in [9.17, 15) is 4.79 Å². The van der Waals surface area contributed by atoms with Gasteiger partial charge in [0.25, 0.3) is 0 Å². The number of carbonyl (C=O) groups excluding carboxylic acids is 1. The zero-order valence-electron chi connectivity index (χ0n) is 10.8. The van der Waals surface area contributed by atoms with Crippen LogP contribution >= 0.6 is 0 Å². The van der Waals surface area contributed by atoms with Gasteiger partial charge in [0.1, 0.15) is 5.82 Å². The third kappa shape index (κ3) is 2.31. The smallest absolute Gasteiger partial charge is 0.248 e. The molecule has 0 saturated carbocycles. The predicted octanol–water partition coefficient (Wildman–Crippen LogP) is 0.674. The number of fused-ring (bicyclic) bond motifs is 1. The van der Waals surface area contributed by atoms with E-state index in [2.05, 4.69) is 41.3 Å². The molecule has 0 fully saturated rings. The van der Waals surface area contributed by atoms with Crippen LogP contribution in [0.15, 0.2) is 0 Å². The first-order valence-corrected chi connectivity index (χ1v) is 5.88. The molecule has 1 aromatic heterocycles. The molecular formula is C11H19N5O. The van der Waals surface area contributed by atoms with Gasteiger partial charge >= 0.3 is 0 Å². The van der Waals surface area contributed by atoms with Crippen LogP contribution in [0.5, 0.6) is 0 Å². The van der Waals surface area contributed by atoms with E-state index in [4.69, 9.17) is 0 Å². The summed E-state index contributed by atoms with van der Waals surface area (Å²) in [7, 11) is 4.16. The quantitative estimate of drug-likeness (QED) is 0.821. The fourth-order valence-corrected chi connectivity index (χ4v) is 2.43. The van der Waals surface area contributed by atoms with Crippen LogP contribution in [-0.2, 0) is 11.2 Å².